The second-order valence-electron chi connectivity index (χ2n) is 5.87. The molecule has 2 rings (SSSR count). The molecule has 6 heteroatoms. The normalized spacial score (nSPS) is 15.1. The van der Waals surface area contributed by atoms with E-state index in [1.807, 2.05) is 39.0 Å². The largest absolute Gasteiger partial charge is 0.251 e. The summed E-state index contributed by atoms with van der Waals surface area (Å²) in [5.41, 5.74) is 1.73. The maximum absolute atomic E-state index is 11.6. The molecule has 2 atom stereocenters. The van der Waals surface area contributed by atoms with Gasteiger partial charge in [0.05, 0.1) is 21.2 Å². The molecular weight excluding hydrogens is 327 g/mol. The quantitative estimate of drug-likeness (QED) is 0.833. The van der Waals surface area contributed by atoms with Crippen LogP contribution >= 0.6 is 23.2 Å². The van der Waals surface area contributed by atoms with Gasteiger partial charge in [-0.05, 0) is 56.0 Å². The maximum atomic E-state index is 11.6. The lowest BCUT2D eigenvalue weighted by Gasteiger charge is -2.25. The van der Waals surface area contributed by atoms with Crippen molar-refractivity contribution in [2.24, 2.45) is 5.14 Å². The number of rotatable bonds is 4. The molecule has 0 spiro atoms. The van der Waals surface area contributed by atoms with E-state index < -0.39 is 15.7 Å². The zero-order chi connectivity index (χ0) is 15.8. The molecular formula is C15H18Cl2N2OS. The fourth-order valence-electron chi connectivity index (χ4n) is 2.42. The zero-order valence-electron chi connectivity index (χ0n) is 12.2. The van der Waals surface area contributed by atoms with Crippen LogP contribution in [0.15, 0.2) is 24.3 Å². The van der Waals surface area contributed by atoms with Crippen LogP contribution < -0.4 is 5.14 Å². The molecule has 114 valence electrons. The molecule has 0 bridgehead atoms. The molecule has 0 aliphatic heterocycles. The van der Waals surface area contributed by atoms with Crippen LogP contribution in [0.25, 0.3) is 10.9 Å². The molecule has 1 aromatic carbocycles. The Hall–Kier alpha value is -0.680. The lowest BCUT2D eigenvalue weighted by atomic mass is 9.91. The number of pyridine rings is 1. The lowest BCUT2D eigenvalue weighted by Crippen LogP contribution is -2.33. The van der Waals surface area contributed by atoms with Crippen LogP contribution in [0.4, 0.5) is 0 Å². The number of benzene rings is 1. The maximum Gasteiger partial charge on any atom is 0.133 e. The molecule has 3 nitrogen and oxygen atoms in total. The summed E-state index contributed by atoms with van der Waals surface area (Å²) in [6.45, 7) is 5.81. The molecule has 0 fully saturated rings. The third-order valence-electron chi connectivity index (χ3n) is 3.63. The van der Waals surface area contributed by atoms with Crippen LogP contribution in [-0.2, 0) is 11.0 Å². The molecule has 2 aromatic rings. The number of aromatic nitrogens is 1. The first-order valence-electron chi connectivity index (χ1n) is 6.62. The molecule has 1 heterocycles. The van der Waals surface area contributed by atoms with Crippen molar-refractivity contribution in [2.75, 3.05) is 0 Å². The molecule has 21 heavy (non-hydrogen) atoms. The van der Waals surface area contributed by atoms with Gasteiger partial charge in [-0.25, -0.2) is 9.19 Å². The Morgan fingerprint density at radius 2 is 2.00 bits per heavy atom. The lowest BCUT2D eigenvalue weighted by molar-refractivity contribution is 0.540. The highest BCUT2D eigenvalue weighted by atomic mass is 35.5. The molecule has 2 N–H and O–H groups in total. The second-order valence-corrected chi connectivity index (χ2v) is 8.36. The number of hydrogen-bond donors (Lipinski definition) is 1. The Bertz CT molecular complexity index is 703. The molecule has 0 aliphatic rings. The van der Waals surface area contributed by atoms with Gasteiger partial charge in [-0.15, -0.1) is 0 Å². The van der Waals surface area contributed by atoms with Gasteiger partial charge in [-0.2, -0.15) is 0 Å². The van der Waals surface area contributed by atoms with E-state index in [1.54, 1.807) is 6.07 Å². The molecule has 0 saturated heterocycles. The van der Waals surface area contributed by atoms with Crippen molar-refractivity contribution in [1.29, 1.82) is 0 Å². The van der Waals surface area contributed by atoms with E-state index in [9.17, 15) is 4.21 Å². The van der Waals surface area contributed by atoms with Crippen molar-refractivity contribution < 1.29 is 4.21 Å². The Labute approximate surface area is 137 Å². The van der Waals surface area contributed by atoms with Gasteiger partial charge in [0.15, 0.2) is 0 Å². The van der Waals surface area contributed by atoms with Gasteiger partial charge in [-0.1, -0.05) is 30.1 Å². The van der Waals surface area contributed by atoms with Gasteiger partial charge in [0, 0.05) is 10.4 Å². The van der Waals surface area contributed by atoms with E-state index in [4.69, 9.17) is 28.3 Å². The summed E-state index contributed by atoms with van der Waals surface area (Å²) >= 11 is 12.3. The average Bonchev–Trinajstić information content (AvgIpc) is 2.37. The number of nitrogens with two attached hydrogens (primary N) is 1. The minimum Gasteiger partial charge on any atom is -0.251 e. The van der Waals surface area contributed by atoms with Crippen molar-refractivity contribution in [1.82, 2.24) is 4.98 Å². The van der Waals surface area contributed by atoms with Crippen molar-refractivity contribution in [3.05, 3.63) is 40.0 Å². The standard InChI is InChI=1S/C15H18Cl2N2OS/c1-9(8-15(2,3)21(18)20)12-7-10-6-11(16)4-5-13(10)19-14(12)17/h4-7,9H,8,18H2,1-3H3/t9-,21?/m1/s1. The highest BCUT2D eigenvalue weighted by Gasteiger charge is 2.27. The van der Waals surface area contributed by atoms with E-state index in [0.29, 0.717) is 16.6 Å². The summed E-state index contributed by atoms with van der Waals surface area (Å²) in [7, 11) is -1.39. The Morgan fingerprint density at radius 3 is 2.62 bits per heavy atom. The highest BCUT2D eigenvalue weighted by molar-refractivity contribution is 7.84. The van der Waals surface area contributed by atoms with Gasteiger partial charge < -0.3 is 0 Å². The smallest absolute Gasteiger partial charge is 0.133 e. The average molecular weight is 345 g/mol. The van der Waals surface area contributed by atoms with Crippen molar-refractivity contribution in [3.63, 3.8) is 0 Å². The van der Waals surface area contributed by atoms with Crippen LogP contribution in [0.1, 0.15) is 38.7 Å². The topological polar surface area (TPSA) is 56.0 Å². The summed E-state index contributed by atoms with van der Waals surface area (Å²) in [6, 6.07) is 7.49. The summed E-state index contributed by atoms with van der Waals surface area (Å²) in [5.74, 6) is 0.0934. The van der Waals surface area contributed by atoms with E-state index in [-0.39, 0.29) is 5.92 Å². The van der Waals surface area contributed by atoms with Crippen LogP contribution in [0.2, 0.25) is 10.2 Å². The molecule has 0 aliphatic carbocycles. The predicted octanol–water partition coefficient (Wildman–Crippen LogP) is 4.44. The first kappa shape index (κ1) is 16.7. The minimum atomic E-state index is -1.39. The molecule has 1 aromatic heterocycles. The fraction of sp³-hybridized carbons (Fsp3) is 0.400. The van der Waals surface area contributed by atoms with Crippen LogP contribution in [-0.4, -0.2) is 13.9 Å². The van der Waals surface area contributed by atoms with Crippen LogP contribution in [0.3, 0.4) is 0 Å². The summed E-state index contributed by atoms with van der Waals surface area (Å²) < 4.78 is 11.1. The van der Waals surface area contributed by atoms with Crippen molar-refractivity contribution >= 4 is 45.1 Å². The number of fused-ring (bicyclic) bond motifs is 1. The fourth-order valence-corrected chi connectivity index (χ4v) is 3.34. The Kier molecular flexibility index (Phi) is 4.93. The van der Waals surface area contributed by atoms with Crippen LogP contribution in [0, 0.1) is 0 Å². The van der Waals surface area contributed by atoms with Gasteiger partial charge in [-0.3, -0.25) is 5.14 Å². The van der Waals surface area contributed by atoms with E-state index in [1.165, 1.54) is 0 Å². The molecule has 1 unspecified atom stereocenters. The van der Waals surface area contributed by atoms with Crippen molar-refractivity contribution in [2.45, 2.75) is 37.9 Å². The SMILES string of the molecule is C[C@H](CC(C)(C)S(N)=O)c1cc2cc(Cl)ccc2nc1Cl. The van der Waals surface area contributed by atoms with E-state index >= 15 is 0 Å². The van der Waals surface area contributed by atoms with E-state index in [0.717, 1.165) is 16.5 Å². The minimum absolute atomic E-state index is 0.0934. The number of hydrogen-bond acceptors (Lipinski definition) is 2. The highest BCUT2D eigenvalue weighted by Crippen LogP contribution is 2.34. The first-order chi connectivity index (χ1) is 9.70. The predicted molar refractivity (Wildman–Crippen MR) is 91.2 cm³/mol. The molecule has 0 radical (unpaired) electrons. The molecule has 0 saturated carbocycles. The third-order valence-corrected chi connectivity index (χ3v) is 5.42. The van der Waals surface area contributed by atoms with Gasteiger partial charge in [0.2, 0.25) is 0 Å². The Balaban J connectivity index is 2.41. The van der Waals surface area contributed by atoms with Gasteiger partial charge in [0.25, 0.3) is 0 Å². The van der Waals surface area contributed by atoms with Gasteiger partial charge >= 0.3 is 0 Å². The molecule has 0 amide bonds. The summed E-state index contributed by atoms with van der Waals surface area (Å²) in [4.78, 5) is 4.41. The monoisotopic (exact) mass is 344 g/mol. The Morgan fingerprint density at radius 1 is 1.33 bits per heavy atom. The number of halogens is 2. The van der Waals surface area contributed by atoms with Crippen molar-refractivity contribution in [3.8, 4) is 0 Å². The van der Waals surface area contributed by atoms with E-state index in [2.05, 4.69) is 4.98 Å². The first-order valence-corrected chi connectivity index (χ1v) is 8.59. The van der Waals surface area contributed by atoms with Crippen LogP contribution in [0.5, 0.6) is 0 Å². The zero-order valence-corrected chi connectivity index (χ0v) is 14.5. The summed E-state index contributed by atoms with van der Waals surface area (Å²) in [6.07, 6.45) is 0.656. The second kappa shape index (κ2) is 6.21. The van der Waals surface area contributed by atoms with Gasteiger partial charge in [0.1, 0.15) is 5.15 Å². The third kappa shape index (κ3) is 3.75. The number of nitrogens with zero attached hydrogens (tertiary/aromatic N) is 1. The summed E-state index contributed by atoms with van der Waals surface area (Å²) in [5, 5.41) is 7.63.